The van der Waals surface area contributed by atoms with Gasteiger partial charge in [-0.15, -0.1) is 0 Å². The molecule has 1 aliphatic rings. The van der Waals surface area contributed by atoms with Crippen LogP contribution in [0, 0.1) is 24.0 Å². The Hall–Kier alpha value is -3.43. The van der Waals surface area contributed by atoms with Gasteiger partial charge in [-0.3, -0.25) is 14.9 Å². The first-order chi connectivity index (χ1) is 16.3. The fourth-order valence-electron chi connectivity index (χ4n) is 3.28. The van der Waals surface area contributed by atoms with Crippen molar-refractivity contribution in [2.24, 2.45) is 4.99 Å². The fourth-order valence-corrected chi connectivity index (χ4v) is 4.35. The number of aliphatic imine (C=N–C) groups is 1. The molecule has 3 aromatic carbocycles. The van der Waals surface area contributed by atoms with E-state index in [9.17, 15) is 14.9 Å². The first-order valence-corrected chi connectivity index (χ1v) is 11.9. The van der Waals surface area contributed by atoms with Crippen molar-refractivity contribution < 1.29 is 14.5 Å². The van der Waals surface area contributed by atoms with Crippen molar-refractivity contribution in [3.05, 3.63) is 102 Å². The van der Waals surface area contributed by atoms with E-state index < -0.39 is 4.92 Å². The molecule has 7 nitrogen and oxygen atoms in total. The van der Waals surface area contributed by atoms with E-state index in [4.69, 9.17) is 4.74 Å². The summed E-state index contributed by atoms with van der Waals surface area (Å²) < 4.78 is 6.81. The standard InChI is InChI=1S/C25H20BrN3O4S/c1-15-11-19(12-16(2)23(15)26)27-25-28-24(30)22(34-25)13-17-5-9-21(10-6-17)33-14-18-3-7-20(8-4-18)29(31)32/h3-13H,14H2,1-2H3,(H,27,28,30)/b22-13-. The number of carbonyl (C=O) groups excluding carboxylic acids is 1. The van der Waals surface area contributed by atoms with Crippen LogP contribution in [0.25, 0.3) is 6.08 Å². The molecule has 1 aliphatic heterocycles. The number of ether oxygens (including phenoxy) is 1. The van der Waals surface area contributed by atoms with Crippen LogP contribution >= 0.6 is 27.7 Å². The number of nitro groups is 1. The van der Waals surface area contributed by atoms with Gasteiger partial charge in [0.25, 0.3) is 11.6 Å². The highest BCUT2D eigenvalue weighted by molar-refractivity contribution is 9.10. The average Bonchev–Trinajstić information content (AvgIpc) is 3.15. The lowest BCUT2D eigenvalue weighted by atomic mass is 10.1. The summed E-state index contributed by atoms with van der Waals surface area (Å²) >= 11 is 4.85. The van der Waals surface area contributed by atoms with Gasteiger partial charge in [-0.1, -0.05) is 28.1 Å². The molecular weight excluding hydrogens is 518 g/mol. The highest BCUT2D eigenvalue weighted by Crippen LogP contribution is 2.31. The molecule has 1 saturated heterocycles. The minimum absolute atomic E-state index is 0.0465. The van der Waals surface area contributed by atoms with Gasteiger partial charge in [0.15, 0.2) is 5.17 Å². The summed E-state index contributed by atoms with van der Waals surface area (Å²) in [5.74, 6) is 0.472. The average molecular weight is 538 g/mol. The highest BCUT2D eigenvalue weighted by atomic mass is 79.9. The number of benzene rings is 3. The van der Waals surface area contributed by atoms with Crippen molar-refractivity contribution in [3.8, 4) is 5.75 Å². The topological polar surface area (TPSA) is 93.8 Å². The zero-order valence-corrected chi connectivity index (χ0v) is 20.8. The third kappa shape index (κ3) is 5.73. The summed E-state index contributed by atoms with van der Waals surface area (Å²) in [5.41, 5.74) is 4.69. The summed E-state index contributed by atoms with van der Waals surface area (Å²) in [6.45, 7) is 4.31. The maximum Gasteiger partial charge on any atom is 0.269 e. The van der Waals surface area contributed by atoms with Crippen molar-refractivity contribution in [1.29, 1.82) is 0 Å². The monoisotopic (exact) mass is 537 g/mol. The van der Waals surface area contributed by atoms with Gasteiger partial charge in [-0.25, -0.2) is 4.99 Å². The first kappa shape index (κ1) is 23.7. The molecule has 0 aliphatic carbocycles. The van der Waals surface area contributed by atoms with E-state index in [0.717, 1.165) is 32.4 Å². The van der Waals surface area contributed by atoms with Gasteiger partial charge in [-0.05, 0) is 90.3 Å². The van der Waals surface area contributed by atoms with E-state index in [-0.39, 0.29) is 11.6 Å². The molecule has 4 rings (SSSR count). The van der Waals surface area contributed by atoms with Gasteiger partial charge in [0, 0.05) is 16.6 Å². The number of carbonyl (C=O) groups is 1. The third-order valence-corrected chi connectivity index (χ3v) is 7.19. The van der Waals surface area contributed by atoms with Crippen molar-refractivity contribution in [1.82, 2.24) is 5.32 Å². The van der Waals surface area contributed by atoms with Gasteiger partial charge >= 0.3 is 0 Å². The third-order valence-electron chi connectivity index (χ3n) is 5.03. The van der Waals surface area contributed by atoms with Gasteiger partial charge < -0.3 is 10.1 Å². The molecule has 0 radical (unpaired) electrons. The Kier molecular flexibility index (Phi) is 7.14. The van der Waals surface area contributed by atoms with Gasteiger partial charge in [0.05, 0.1) is 15.5 Å². The van der Waals surface area contributed by atoms with Crippen LogP contribution in [0.5, 0.6) is 5.75 Å². The Morgan fingerprint density at radius 3 is 2.35 bits per heavy atom. The van der Waals surface area contributed by atoms with Crippen LogP contribution in [0.3, 0.4) is 0 Å². The number of amides is 1. The summed E-state index contributed by atoms with van der Waals surface area (Å²) in [6.07, 6.45) is 1.81. The Labute approximate surface area is 209 Å². The SMILES string of the molecule is Cc1cc(N=C2NC(=O)/C(=C/c3ccc(OCc4ccc([N+](=O)[O-])cc4)cc3)S2)cc(C)c1Br. The van der Waals surface area contributed by atoms with Crippen LogP contribution in [-0.2, 0) is 11.4 Å². The molecule has 0 bridgehead atoms. The van der Waals surface area contributed by atoms with Gasteiger partial charge in [-0.2, -0.15) is 0 Å². The van der Waals surface area contributed by atoms with E-state index >= 15 is 0 Å². The Bertz CT molecular complexity index is 1300. The number of amidine groups is 1. The summed E-state index contributed by atoms with van der Waals surface area (Å²) in [4.78, 5) is 27.8. The van der Waals surface area contributed by atoms with E-state index in [1.165, 1.54) is 23.9 Å². The van der Waals surface area contributed by atoms with Gasteiger partial charge in [0.2, 0.25) is 0 Å². The Morgan fingerprint density at radius 1 is 1.09 bits per heavy atom. The smallest absolute Gasteiger partial charge is 0.269 e. The maximum atomic E-state index is 12.4. The number of halogens is 1. The molecular formula is C25H20BrN3O4S. The molecule has 9 heteroatoms. The first-order valence-electron chi connectivity index (χ1n) is 10.3. The van der Waals surface area contributed by atoms with Crippen molar-refractivity contribution in [2.45, 2.75) is 20.5 Å². The van der Waals surface area contributed by atoms with Crippen LogP contribution in [0.4, 0.5) is 11.4 Å². The molecule has 1 heterocycles. The van der Waals surface area contributed by atoms with Crippen LogP contribution in [0.1, 0.15) is 22.3 Å². The van der Waals surface area contributed by atoms with E-state index in [1.807, 2.05) is 50.2 Å². The molecule has 3 aromatic rings. The van der Waals surface area contributed by atoms with Crippen LogP contribution < -0.4 is 10.1 Å². The number of non-ortho nitro benzene ring substituents is 1. The molecule has 34 heavy (non-hydrogen) atoms. The minimum Gasteiger partial charge on any atom is -0.489 e. The molecule has 0 unspecified atom stereocenters. The molecule has 0 aromatic heterocycles. The number of nitrogens with one attached hydrogen (secondary N) is 1. The highest BCUT2D eigenvalue weighted by Gasteiger charge is 2.24. The second-order valence-electron chi connectivity index (χ2n) is 7.66. The predicted molar refractivity (Wildman–Crippen MR) is 138 cm³/mol. The Balaban J connectivity index is 1.40. The number of thioether (sulfide) groups is 1. The second-order valence-corrected chi connectivity index (χ2v) is 9.48. The maximum absolute atomic E-state index is 12.4. The molecule has 1 N–H and O–H groups in total. The lowest BCUT2D eigenvalue weighted by Crippen LogP contribution is -2.19. The van der Waals surface area contributed by atoms with Crippen LogP contribution in [-0.4, -0.2) is 16.0 Å². The Morgan fingerprint density at radius 2 is 1.74 bits per heavy atom. The largest absolute Gasteiger partial charge is 0.489 e. The van der Waals surface area contributed by atoms with Crippen molar-refractivity contribution in [3.63, 3.8) is 0 Å². The molecule has 1 fully saturated rings. The van der Waals surface area contributed by atoms with E-state index in [1.54, 1.807) is 18.2 Å². The second kappa shape index (κ2) is 10.2. The molecule has 172 valence electrons. The summed E-state index contributed by atoms with van der Waals surface area (Å²) in [5, 5.41) is 14.1. The number of aryl methyl sites for hydroxylation is 2. The zero-order chi connectivity index (χ0) is 24.2. The van der Waals surface area contributed by atoms with Crippen LogP contribution in [0.2, 0.25) is 0 Å². The van der Waals surface area contributed by atoms with E-state index in [2.05, 4.69) is 26.2 Å². The lowest BCUT2D eigenvalue weighted by Gasteiger charge is -2.06. The number of hydrogen-bond donors (Lipinski definition) is 1. The predicted octanol–water partition coefficient (Wildman–Crippen LogP) is 6.44. The number of hydrogen-bond acceptors (Lipinski definition) is 6. The number of nitrogens with zero attached hydrogens (tertiary/aromatic N) is 2. The number of nitro benzene ring substituents is 1. The van der Waals surface area contributed by atoms with Crippen molar-refractivity contribution >= 4 is 56.2 Å². The normalized spacial score (nSPS) is 15.6. The van der Waals surface area contributed by atoms with Crippen molar-refractivity contribution in [2.75, 3.05) is 0 Å². The quantitative estimate of drug-likeness (QED) is 0.221. The molecule has 0 saturated carbocycles. The lowest BCUT2D eigenvalue weighted by molar-refractivity contribution is -0.384. The number of rotatable bonds is 6. The summed E-state index contributed by atoms with van der Waals surface area (Å²) in [6, 6.07) is 17.5. The van der Waals surface area contributed by atoms with Crippen LogP contribution in [0.15, 0.2) is 75.0 Å². The summed E-state index contributed by atoms with van der Waals surface area (Å²) in [7, 11) is 0. The molecule has 1 amide bonds. The minimum atomic E-state index is -0.432. The van der Waals surface area contributed by atoms with E-state index in [0.29, 0.717) is 22.4 Å². The molecule has 0 atom stereocenters. The molecule has 0 spiro atoms. The zero-order valence-electron chi connectivity index (χ0n) is 18.4. The van der Waals surface area contributed by atoms with Gasteiger partial charge in [0.1, 0.15) is 12.4 Å². The fraction of sp³-hybridized carbons (Fsp3) is 0.120.